The lowest BCUT2D eigenvalue weighted by molar-refractivity contribution is 0.0952. The van der Waals surface area contributed by atoms with Crippen LogP contribution in [0.25, 0.3) is 15.9 Å². The first-order chi connectivity index (χ1) is 11.6. The molecule has 1 amide bonds. The van der Waals surface area contributed by atoms with Crippen molar-refractivity contribution in [3.63, 3.8) is 0 Å². The molecule has 24 heavy (non-hydrogen) atoms. The maximum atomic E-state index is 12.0. The van der Waals surface area contributed by atoms with E-state index in [2.05, 4.69) is 20.1 Å². The molecule has 8 heteroatoms. The topological polar surface area (TPSA) is 84.1 Å². The molecule has 1 aromatic carbocycles. The van der Waals surface area contributed by atoms with E-state index in [-0.39, 0.29) is 46.4 Å². The molecule has 2 aromatic heterocycles. The fourth-order valence-electron chi connectivity index (χ4n) is 2.42. The van der Waals surface area contributed by atoms with Crippen molar-refractivity contribution >= 4 is 34.2 Å². The monoisotopic (exact) mass is 341 g/mol. The number of H-pyrrole nitrogens is 1. The summed E-state index contributed by atoms with van der Waals surface area (Å²) < 4.78 is 1.49. The average Bonchev–Trinajstić information content (AvgIpc) is 2.88. The largest absolute Gasteiger partial charge is 0.350 e. The van der Waals surface area contributed by atoms with Crippen molar-refractivity contribution in [3.05, 3.63) is 69.1 Å². The van der Waals surface area contributed by atoms with E-state index in [0.29, 0.717) is 5.56 Å². The van der Waals surface area contributed by atoms with Crippen LogP contribution in [-0.4, -0.2) is 27.0 Å². The molecule has 0 radical (unpaired) electrons. The Morgan fingerprint density at radius 3 is 2.83 bits per heavy atom. The second-order valence-corrected chi connectivity index (χ2v) is 5.31. The summed E-state index contributed by atoms with van der Waals surface area (Å²) in [5.41, 5.74) is 0.774. The Kier molecular flexibility index (Phi) is 4.31. The van der Waals surface area contributed by atoms with Crippen LogP contribution < -0.4 is 10.9 Å². The Morgan fingerprint density at radius 2 is 2.12 bits per heavy atom. The second-order valence-electron chi connectivity index (χ2n) is 4.95. The molecule has 3 aromatic rings. The number of rotatable bonds is 4. The van der Waals surface area contributed by atoms with Crippen LogP contribution in [0.1, 0.15) is 10.4 Å². The number of nitrogens with zero attached hydrogens (tertiary/aromatic N) is 3. The van der Waals surface area contributed by atoms with Gasteiger partial charge in [-0.15, -0.1) is 0 Å². The predicted molar refractivity (Wildman–Crippen MR) is 90.4 cm³/mol. The molecule has 0 atom stereocenters. The normalized spacial score (nSPS) is 10.5. The van der Waals surface area contributed by atoms with E-state index in [1.165, 1.54) is 10.9 Å². The van der Waals surface area contributed by atoms with E-state index < -0.39 is 0 Å². The van der Waals surface area contributed by atoms with Gasteiger partial charge in [0.15, 0.2) is 0 Å². The van der Waals surface area contributed by atoms with Crippen LogP contribution in [0.3, 0.4) is 0 Å². The van der Waals surface area contributed by atoms with Gasteiger partial charge < -0.3 is 14.9 Å². The van der Waals surface area contributed by atoms with E-state index in [9.17, 15) is 9.59 Å². The van der Waals surface area contributed by atoms with E-state index in [4.69, 9.17) is 18.2 Å². The van der Waals surface area contributed by atoms with Gasteiger partial charge >= 0.3 is 0 Å². The Labute approximate surface area is 141 Å². The Morgan fingerprint density at radius 1 is 1.38 bits per heavy atom. The third-order valence-corrected chi connectivity index (χ3v) is 3.91. The molecule has 2 heterocycles. The smallest absolute Gasteiger partial charge is 0.273 e. The Balaban J connectivity index is 1.84. The van der Waals surface area contributed by atoms with Gasteiger partial charge in [0.05, 0.1) is 12.9 Å². The molecule has 2 N–H and O–H groups in total. The summed E-state index contributed by atoms with van der Waals surface area (Å²) in [6.45, 7) is 7.71. The van der Waals surface area contributed by atoms with Gasteiger partial charge in [0.25, 0.3) is 11.5 Å². The van der Waals surface area contributed by atoms with Crippen molar-refractivity contribution in [1.82, 2.24) is 19.9 Å². The predicted octanol–water partition coefficient (Wildman–Crippen LogP) is 2.36. The lowest BCUT2D eigenvalue weighted by atomic mass is 10.2. The number of halogens is 1. The Bertz CT molecular complexity index is 1000. The van der Waals surface area contributed by atoms with Gasteiger partial charge in [0.1, 0.15) is 16.2 Å². The van der Waals surface area contributed by atoms with Crippen molar-refractivity contribution in [2.24, 2.45) is 0 Å². The molecule has 7 nitrogen and oxygen atoms in total. The molecule has 0 saturated carbocycles. The number of carbonyl (C=O) groups excluding carboxylic acids is 1. The molecule has 0 aliphatic rings. The third kappa shape index (κ3) is 2.75. The Hall–Kier alpha value is -3.11. The minimum Gasteiger partial charge on any atom is -0.350 e. The molecule has 0 bridgehead atoms. The zero-order chi connectivity index (χ0) is 17.1. The van der Waals surface area contributed by atoms with E-state index in [1.54, 1.807) is 24.3 Å². The van der Waals surface area contributed by atoms with Crippen molar-refractivity contribution in [1.29, 1.82) is 0 Å². The first-order valence-corrected chi connectivity index (χ1v) is 7.47. The molecule has 0 aliphatic carbocycles. The standard InChI is InChI=1S/C16H12ClN5O2/c1-18-12-11-13(16(24)21-9-20-11)22(14(12)17)8-7-19-15(23)10-5-3-2-4-6-10/h2-6,9H,7-8H2,(H,19,23)(H,20,21,24). The number of amides is 1. The van der Waals surface area contributed by atoms with Crippen LogP contribution in [0, 0.1) is 6.57 Å². The number of aromatic nitrogens is 3. The molecule has 3 rings (SSSR count). The van der Waals surface area contributed by atoms with Gasteiger partial charge in [-0.05, 0) is 12.1 Å². The number of nitrogens with one attached hydrogen (secondary N) is 2. The van der Waals surface area contributed by atoms with Crippen LogP contribution >= 0.6 is 11.6 Å². The summed E-state index contributed by atoms with van der Waals surface area (Å²) in [7, 11) is 0. The molecule has 0 saturated heterocycles. The molecule has 0 aliphatic heterocycles. The van der Waals surface area contributed by atoms with Crippen molar-refractivity contribution < 1.29 is 4.79 Å². The first-order valence-electron chi connectivity index (χ1n) is 7.09. The SMILES string of the molecule is [C-]#[N+]c1c(Cl)n(CCNC(=O)c2ccccc2)c2c(=O)[nH]cnc12. The molecule has 0 spiro atoms. The zero-order valence-electron chi connectivity index (χ0n) is 12.4. The van der Waals surface area contributed by atoms with Gasteiger partial charge in [-0.3, -0.25) is 9.59 Å². The number of hydrogen-bond acceptors (Lipinski definition) is 3. The summed E-state index contributed by atoms with van der Waals surface area (Å²) in [5.74, 6) is -0.222. The highest BCUT2D eigenvalue weighted by atomic mass is 35.5. The summed E-state index contributed by atoms with van der Waals surface area (Å²) in [4.78, 5) is 33.9. The lowest BCUT2D eigenvalue weighted by Gasteiger charge is -2.08. The minimum absolute atomic E-state index is 0.132. The fourth-order valence-corrected chi connectivity index (χ4v) is 2.72. The fraction of sp³-hybridized carbons (Fsp3) is 0.125. The molecular weight excluding hydrogens is 330 g/mol. The maximum absolute atomic E-state index is 12.0. The van der Waals surface area contributed by atoms with Crippen LogP contribution in [-0.2, 0) is 6.54 Å². The van der Waals surface area contributed by atoms with Crippen LogP contribution in [0.4, 0.5) is 5.69 Å². The van der Waals surface area contributed by atoms with Gasteiger partial charge in [0, 0.05) is 18.7 Å². The van der Waals surface area contributed by atoms with Gasteiger partial charge in [-0.1, -0.05) is 29.8 Å². The van der Waals surface area contributed by atoms with Crippen LogP contribution in [0.2, 0.25) is 5.15 Å². The lowest BCUT2D eigenvalue weighted by Crippen LogP contribution is -2.27. The first kappa shape index (κ1) is 15.8. The molecule has 0 unspecified atom stereocenters. The molecule has 120 valence electrons. The van der Waals surface area contributed by atoms with Crippen molar-refractivity contribution in [2.45, 2.75) is 6.54 Å². The highest BCUT2D eigenvalue weighted by molar-refractivity contribution is 6.34. The number of hydrogen-bond donors (Lipinski definition) is 2. The van der Waals surface area contributed by atoms with Crippen LogP contribution in [0.15, 0.2) is 41.5 Å². The highest BCUT2D eigenvalue weighted by Crippen LogP contribution is 2.33. The number of benzene rings is 1. The van der Waals surface area contributed by atoms with Crippen molar-refractivity contribution in [3.8, 4) is 0 Å². The average molecular weight is 342 g/mol. The van der Waals surface area contributed by atoms with Gasteiger partial charge in [0.2, 0.25) is 5.69 Å². The summed E-state index contributed by atoms with van der Waals surface area (Å²) in [5, 5.41) is 2.89. The quantitative estimate of drug-likeness (QED) is 0.714. The zero-order valence-corrected chi connectivity index (χ0v) is 13.2. The number of carbonyl (C=O) groups is 1. The van der Waals surface area contributed by atoms with Crippen LogP contribution in [0.5, 0.6) is 0 Å². The maximum Gasteiger partial charge on any atom is 0.273 e. The van der Waals surface area contributed by atoms with Gasteiger partial charge in [-0.2, -0.15) is 0 Å². The third-order valence-electron chi connectivity index (χ3n) is 3.52. The highest BCUT2D eigenvalue weighted by Gasteiger charge is 2.19. The number of fused-ring (bicyclic) bond motifs is 1. The van der Waals surface area contributed by atoms with E-state index in [0.717, 1.165) is 0 Å². The summed E-state index contributed by atoms with van der Waals surface area (Å²) in [6.07, 6.45) is 1.23. The summed E-state index contributed by atoms with van der Waals surface area (Å²) in [6, 6.07) is 8.79. The second kappa shape index (κ2) is 6.56. The minimum atomic E-state index is -0.383. The van der Waals surface area contributed by atoms with E-state index >= 15 is 0 Å². The van der Waals surface area contributed by atoms with E-state index in [1.807, 2.05) is 6.07 Å². The molecular formula is C16H12ClN5O2. The number of aromatic amines is 1. The van der Waals surface area contributed by atoms with Crippen molar-refractivity contribution in [2.75, 3.05) is 6.54 Å². The summed E-state index contributed by atoms with van der Waals surface area (Å²) >= 11 is 6.20. The molecule has 0 fully saturated rings. The van der Waals surface area contributed by atoms with Gasteiger partial charge in [-0.25, -0.2) is 9.83 Å².